The summed E-state index contributed by atoms with van der Waals surface area (Å²) in [6.07, 6.45) is 8.94. The average Bonchev–Trinajstić information content (AvgIpc) is 3.03. The molecule has 3 N–H and O–H groups in total. The van der Waals surface area contributed by atoms with Crippen LogP contribution >= 0.6 is 11.6 Å². The van der Waals surface area contributed by atoms with Gasteiger partial charge in [0.2, 0.25) is 5.91 Å². The maximum Gasteiger partial charge on any atom is 0.287 e. The second-order valence-electron chi connectivity index (χ2n) is 12.3. The summed E-state index contributed by atoms with van der Waals surface area (Å²) in [4.78, 5) is 40.6. The van der Waals surface area contributed by atoms with Gasteiger partial charge in [0.25, 0.3) is 5.91 Å². The Labute approximate surface area is 272 Å². The van der Waals surface area contributed by atoms with Gasteiger partial charge in [-0.05, 0) is 79.7 Å². The fourth-order valence-electron chi connectivity index (χ4n) is 6.69. The number of carbonyl (C=O) groups is 2. The van der Waals surface area contributed by atoms with Crippen LogP contribution in [0.4, 0.5) is 0 Å². The van der Waals surface area contributed by atoms with E-state index in [0.717, 1.165) is 62.8 Å². The van der Waals surface area contributed by atoms with Crippen LogP contribution < -0.4 is 10.7 Å². The molecule has 2 amide bonds. The molecule has 9 heteroatoms. The van der Waals surface area contributed by atoms with Crippen LogP contribution in [-0.4, -0.2) is 39.5 Å². The largest absolute Gasteiger partial charge is 0.508 e. The van der Waals surface area contributed by atoms with E-state index in [0.29, 0.717) is 30.3 Å². The van der Waals surface area contributed by atoms with E-state index in [1.165, 1.54) is 22.8 Å². The van der Waals surface area contributed by atoms with Crippen LogP contribution in [-0.2, 0) is 17.8 Å². The van der Waals surface area contributed by atoms with Gasteiger partial charge in [-0.2, -0.15) is 0 Å². The number of benzene rings is 3. The van der Waals surface area contributed by atoms with Gasteiger partial charge in [-0.3, -0.25) is 14.4 Å². The van der Waals surface area contributed by atoms with E-state index in [9.17, 15) is 24.6 Å². The first kappa shape index (κ1) is 31.4. The van der Waals surface area contributed by atoms with Gasteiger partial charge in [-0.15, -0.1) is 0 Å². The lowest BCUT2D eigenvalue weighted by atomic mass is 9.79. The number of fused-ring (bicyclic) bond motifs is 1. The van der Waals surface area contributed by atoms with Crippen molar-refractivity contribution in [3.63, 3.8) is 0 Å². The van der Waals surface area contributed by atoms with E-state index in [1.54, 1.807) is 0 Å². The molecule has 2 aliphatic rings. The lowest BCUT2D eigenvalue weighted by Crippen LogP contribution is -2.36. The molecule has 0 radical (unpaired) electrons. The molecule has 6 rings (SSSR count). The zero-order valence-electron chi connectivity index (χ0n) is 25.5. The molecule has 0 spiro atoms. The highest BCUT2D eigenvalue weighted by molar-refractivity contribution is 6.30. The molecule has 3 aromatic carbocycles. The number of rotatable bonds is 8. The minimum absolute atomic E-state index is 0.0778. The molecule has 0 unspecified atom stereocenters. The van der Waals surface area contributed by atoms with Gasteiger partial charge < -0.3 is 24.8 Å². The Morgan fingerprint density at radius 1 is 1.00 bits per heavy atom. The highest BCUT2D eigenvalue weighted by Gasteiger charge is 2.25. The van der Waals surface area contributed by atoms with Crippen LogP contribution in [0.5, 0.6) is 11.5 Å². The first-order valence-electron chi connectivity index (χ1n) is 15.8. The number of carbonyl (C=O) groups excluding carboxylic acids is 2. The summed E-state index contributed by atoms with van der Waals surface area (Å²) in [5.41, 5.74) is 4.10. The molecule has 238 valence electrons. The minimum Gasteiger partial charge on any atom is -0.508 e. The summed E-state index contributed by atoms with van der Waals surface area (Å²) < 4.78 is 5.66. The van der Waals surface area contributed by atoms with Crippen LogP contribution in [0.1, 0.15) is 78.1 Å². The van der Waals surface area contributed by atoms with Gasteiger partial charge in [-0.1, -0.05) is 59.6 Å². The SMILES string of the molecule is O=C(N[C@@H](C=C1CCC(c2ccccc2CN2CCCCC2=O)CC1)Cc1ccc(Cl)cc1)c1cc(=O)c2c(O)cc(O)cc2o1. The van der Waals surface area contributed by atoms with E-state index in [1.807, 2.05) is 29.2 Å². The molecule has 46 heavy (non-hydrogen) atoms. The van der Waals surface area contributed by atoms with Gasteiger partial charge in [0.15, 0.2) is 11.2 Å². The van der Waals surface area contributed by atoms with E-state index >= 15 is 0 Å². The normalized spacial score (nSPS) is 17.6. The van der Waals surface area contributed by atoms with Crippen molar-refractivity contribution in [3.05, 3.63) is 116 Å². The molecule has 1 aliphatic heterocycles. The summed E-state index contributed by atoms with van der Waals surface area (Å²) in [5.74, 6) is -0.865. The topological polar surface area (TPSA) is 120 Å². The summed E-state index contributed by atoms with van der Waals surface area (Å²) >= 11 is 6.11. The summed E-state index contributed by atoms with van der Waals surface area (Å²) in [6, 6.07) is 18.8. The third-order valence-electron chi connectivity index (χ3n) is 9.05. The Balaban J connectivity index is 1.20. The van der Waals surface area contributed by atoms with Crippen molar-refractivity contribution in [2.75, 3.05) is 6.54 Å². The molecule has 1 saturated carbocycles. The van der Waals surface area contributed by atoms with Crippen LogP contribution in [0.25, 0.3) is 11.0 Å². The molecule has 2 fully saturated rings. The number of piperidine rings is 1. The molecule has 8 nitrogen and oxygen atoms in total. The van der Waals surface area contributed by atoms with Gasteiger partial charge in [-0.25, -0.2) is 0 Å². The lowest BCUT2D eigenvalue weighted by molar-refractivity contribution is -0.133. The van der Waals surface area contributed by atoms with E-state index in [2.05, 4.69) is 35.7 Å². The van der Waals surface area contributed by atoms with Crippen LogP contribution in [0, 0.1) is 0 Å². The molecule has 4 aromatic rings. The second kappa shape index (κ2) is 13.8. The molecule has 1 aromatic heterocycles. The van der Waals surface area contributed by atoms with Gasteiger partial charge in [0.1, 0.15) is 22.5 Å². The predicted octanol–water partition coefficient (Wildman–Crippen LogP) is 7.00. The number of aromatic hydroxyl groups is 2. The number of nitrogens with one attached hydrogen (secondary N) is 1. The van der Waals surface area contributed by atoms with Crippen molar-refractivity contribution in [1.82, 2.24) is 10.2 Å². The van der Waals surface area contributed by atoms with Crippen molar-refractivity contribution in [3.8, 4) is 11.5 Å². The summed E-state index contributed by atoms with van der Waals surface area (Å²) in [7, 11) is 0. The van der Waals surface area contributed by atoms with Crippen molar-refractivity contribution >= 4 is 34.4 Å². The summed E-state index contributed by atoms with van der Waals surface area (Å²) in [6.45, 7) is 1.48. The van der Waals surface area contributed by atoms with Crippen molar-refractivity contribution in [1.29, 1.82) is 0 Å². The van der Waals surface area contributed by atoms with E-state index in [-0.39, 0.29) is 28.4 Å². The minimum atomic E-state index is -0.584. The zero-order chi connectivity index (χ0) is 32.2. The fourth-order valence-corrected chi connectivity index (χ4v) is 6.82. The quantitative estimate of drug-likeness (QED) is 0.179. The number of nitrogens with zero attached hydrogens (tertiary/aromatic N) is 1. The first-order valence-corrected chi connectivity index (χ1v) is 16.2. The standard InChI is InChI=1S/C37H37ClN2O6/c38-27-14-10-24(11-15-27)18-28(39-37(45)34-21-32(43)36-31(42)19-29(41)20-33(36)46-34)17-23-8-12-25(13-9-23)30-6-2-1-5-26(30)22-40-16-4-3-7-35(40)44/h1-2,5-6,10-11,14-15,17,19-21,25,28,41-42H,3-4,7-9,12-13,16,18,22H2,(H,39,45)/t25?,28-/m0/s1. The van der Waals surface area contributed by atoms with Gasteiger partial charge >= 0.3 is 0 Å². The highest BCUT2D eigenvalue weighted by atomic mass is 35.5. The van der Waals surface area contributed by atoms with Crippen molar-refractivity contribution < 1.29 is 24.2 Å². The van der Waals surface area contributed by atoms with Gasteiger partial charge in [0, 0.05) is 42.7 Å². The number of phenols is 2. The monoisotopic (exact) mass is 640 g/mol. The predicted molar refractivity (Wildman–Crippen MR) is 177 cm³/mol. The Hall–Kier alpha value is -4.56. The first-order chi connectivity index (χ1) is 22.2. The third-order valence-corrected chi connectivity index (χ3v) is 9.30. The maximum atomic E-state index is 13.4. The number of hydrogen-bond donors (Lipinski definition) is 3. The van der Waals surface area contributed by atoms with Crippen LogP contribution in [0.2, 0.25) is 5.02 Å². The molecular formula is C37H37ClN2O6. The van der Waals surface area contributed by atoms with Crippen LogP contribution in [0.3, 0.4) is 0 Å². The molecular weight excluding hydrogens is 604 g/mol. The highest BCUT2D eigenvalue weighted by Crippen LogP contribution is 2.38. The number of hydrogen-bond acceptors (Lipinski definition) is 6. The van der Waals surface area contributed by atoms with E-state index in [4.69, 9.17) is 16.0 Å². The molecule has 1 saturated heterocycles. The Morgan fingerprint density at radius 3 is 2.52 bits per heavy atom. The Kier molecular flexibility index (Phi) is 9.45. The van der Waals surface area contributed by atoms with Crippen LogP contribution in [0.15, 0.2) is 87.6 Å². The fraction of sp³-hybridized carbons (Fsp3) is 0.324. The Bertz CT molecular complexity index is 1840. The molecule has 1 atom stereocenters. The maximum absolute atomic E-state index is 13.4. The number of phenolic OH excluding ortho intramolecular Hbond substituents is 2. The average molecular weight is 641 g/mol. The number of amides is 2. The Morgan fingerprint density at radius 2 is 1.76 bits per heavy atom. The molecule has 1 aliphatic carbocycles. The van der Waals surface area contributed by atoms with Crippen molar-refractivity contribution in [2.45, 2.75) is 69.9 Å². The van der Waals surface area contributed by atoms with Crippen molar-refractivity contribution in [2.24, 2.45) is 0 Å². The molecule has 0 bridgehead atoms. The summed E-state index contributed by atoms with van der Waals surface area (Å²) in [5, 5.41) is 23.5. The second-order valence-corrected chi connectivity index (χ2v) is 12.7. The molecule has 2 heterocycles. The lowest BCUT2D eigenvalue weighted by Gasteiger charge is -2.31. The number of likely N-dealkylation sites (tertiary alicyclic amines) is 1. The number of allylic oxidation sites excluding steroid dienone is 1. The van der Waals surface area contributed by atoms with Gasteiger partial charge in [0.05, 0.1) is 6.04 Å². The third kappa shape index (κ3) is 7.29. The van der Waals surface area contributed by atoms with E-state index < -0.39 is 23.1 Å². The number of halogens is 1. The zero-order valence-corrected chi connectivity index (χ0v) is 26.3. The smallest absolute Gasteiger partial charge is 0.287 e.